The van der Waals surface area contributed by atoms with E-state index in [4.69, 9.17) is 5.73 Å². The molecule has 0 bridgehead atoms. The molecule has 5 heteroatoms. The first kappa shape index (κ1) is 11.7. The summed E-state index contributed by atoms with van der Waals surface area (Å²) >= 11 is 0.476. The zero-order valence-corrected chi connectivity index (χ0v) is 11.9. The molecule has 0 unspecified atom stereocenters. The van der Waals surface area contributed by atoms with Gasteiger partial charge >= 0.3 is 103 Å². The number of hydrogen-bond donors (Lipinski definition) is 1. The Morgan fingerprint density at radius 3 is 2.75 bits per heavy atom. The Balaban J connectivity index is 2.27. The number of hydrogen-bond acceptors (Lipinski definition) is 4. The Bertz CT molecular complexity index is 394. The van der Waals surface area contributed by atoms with Crippen molar-refractivity contribution in [2.75, 3.05) is 23.7 Å². The normalized spacial score (nSPS) is 21.2. The van der Waals surface area contributed by atoms with Gasteiger partial charge in [0.05, 0.1) is 0 Å². The van der Waals surface area contributed by atoms with Gasteiger partial charge in [-0.1, -0.05) is 0 Å². The van der Waals surface area contributed by atoms with Crippen molar-refractivity contribution in [3.8, 4) is 0 Å². The summed E-state index contributed by atoms with van der Waals surface area (Å²) in [5, 5.41) is 0. The molecular weight excluding hydrogens is 263 g/mol. The van der Waals surface area contributed by atoms with Crippen LogP contribution in [-0.2, 0) is 0 Å². The summed E-state index contributed by atoms with van der Waals surface area (Å²) in [5.74, 6) is 1.44. The van der Waals surface area contributed by atoms with Crippen LogP contribution in [0.5, 0.6) is 0 Å². The fourth-order valence-corrected chi connectivity index (χ4v) is 3.63. The van der Waals surface area contributed by atoms with Crippen LogP contribution < -0.4 is 10.6 Å². The molecule has 1 aromatic rings. The van der Waals surface area contributed by atoms with Gasteiger partial charge in [-0.3, -0.25) is 0 Å². The number of nitrogen functional groups attached to an aromatic ring is 1. The molecule has 2 rings (SSSR count). The van der Waals surface area contributed by atoms with Gasteiger partial charge in [0.2, 0.25) is 0 Å². The van der Waals surface area contributed by atoms with Gasteiger partial charge in [0.15, 0.2) is 0 Å². The SMILES string of the molecule is C[As][C@@H]1CCN(c2nc(N)nc(C)c2C)C1. The summed E-state index contributed by atoms with van der Waals surface area (Å²) < 4.78 is 0.896. The van der Waals surface area contributed by atoms with Crippen molar-refractivity contribution >= 4 is 27.5 Å². The minimum absolute atomic E-state index is 0.395. The van der Waals surface area contributed by atoms with Crippen molar-refractivity contribution < 1.29 is 0 Å². The van der Waals surface area contributed by atoms with Gasteiger partial charge in [-0.2, -0.15) is 0 Å². The average molecular weight is 281 g/mol. The van der Waals surface area contributed by atoms with Gasteiger partial charge in [-0.15, -0.1) is 0 Å². The Hall–Kier alpha value is -0.762. The maximum atomic E-state index is 5.72. The molecule has 1 fully saturated rings. The van der Waals surface area contributed by atoms with Gasteiger partial charge in [-0.25, -0.2) is 0 Å². The third-order valence-electron chi connectivity index (χ3n) is 3.21. The Labute approximate surface area is 103 Å². The molecule has 16 heavy (non-hydrogen) atoms. The van der Waals surface area contributed by atoms with Crippen molar-refractivity contribution in [3.05, 3.63) is 11.3 Å². The molecule has 0 amide bonds. The van der Waals surface area contributed by atoms with E-state index in [-0.39, 0.29) is 0 Å². The summed E-state index contributed by atoms with van der Waals surface area (Å²) in [4.78, 5) is 10.9. The first-order valence-electron chi connectivity index (χ1n) is 5.56. The van der Waals surface area contributed by atoms with Gasteiger partial charge in [0, 0.05) is 0 Å². The molecule has 0 aromatic carbocycles. The van der Waals surface area contributed by atoms with Crippen molar-refractivity contribution in [2.24, 2.45) is 0 Å². The molecule has 2 heterocycles. The molecule has 0 spiro atoms. The van der Waals surface area contributed by atoms with Crippen LogP contribution in [0.25, 0.3) is 0 Å². The number of aryl methyl sites for hydroxylation is 1. The second kappa shape index (κ2) is 4.62. The zero-order chi connectivity index (χ0) is 11.7. The molecule has 2 N–H and O–H groups in total. The van der Waals surface area contributed by atoms with Crippen molar-refractivity contribution in [1.29, 1.82) is 0 Å². The van der Waals surface area contributed by atoms with E-state index in [1.807, 2.05) is 6.92 Å². The van der Waals surface area contributed by atoms with Crippen LogP contribution >= 0.6 is 0 Å². The van der Waals surface area contributed by atoms with Crippen LogP contribution in [-0.4, -0.2) is 38.8 Å². The molecule has 87 valence electrons. The van der Waals surface area contributed by atoms with Crippen molar-refractivity contribution in [1.82, 2.24) is 9.97 Å². The number of nitrogens with zero attached hydrogens (tertiary/aromatic N) is 3. The van der Waals surface area contributed by atoms with Gasteiger partial charge in [0.1, 0.15) is 0 Å². The third kappa shape index (κ3) is 2.17. The molecule has 1 radical (unpaired) electrons. The van der Waals surface area contributed by atoms with Crippen LogP contribution in [0.15, 0.2) is 0 Å². The van der Waals surface area contributed by atoms with Gasteiger partial charge in [0.25, 0.3) is 0 Å². The molecule has 1 aliphatic heterocycles. The fourth-order valence-electron chi connectivity index (χ4n) is 2.09. The first-order chi connectivity index (χ1) is 7.61. The van der Waals surface area contributed by atoms with Crippen LogP contribution in [0, 0.1) is 13.8 Å². The average Bonchev–Trinajstić information content (AvgIpc) is 2.71. The topological polar surface area (TPSA) is 55.0 Å². The second-order valence-corrected chi connectivity index (χ2v) is 6.88. The van der Waals surface area contributed by atoms with Gasteiger partial charge in [-0.05, 0) is 0 Å². The number of nitrogens with two attached hydrogens (primary N) is 1. The molecule has 0 saturated carbocycles. The second-order valence-electron chi connectivity index (χ2n) is 4.26. The van der Waals surface area contributed by atoms with Gasteiger partial charge < -0.3 is 0 Å². The van der Waals surface area contributed by atoms with Crippen LogP contribution in [0.2, 0.25) is 10.4 Å². The predicted octanol–water partition coefficient (Wildman–Crippen LogP) is 1.43. The summed E-state index contributed by atoms with van der Waals surface area (Å²) in [6, 6.07) is 0. The molecule has 4 nitrogen and oxygen atoms in total. The maximum absolute atomic E-state index is 5.72. The monoisotopic (exact) mass is 281 g/mol. The van der Waals surface area contributed by atoms with E-state index in [0.29, 0.717) is 21.7 Å². The summed E-state index contributed by atoms with van der Waals surface area (Å²) in [5.41, 5.74) is 10.2. The molecule has 1 atom stereocenters. The summed E-state index contributed by atoms with van der Waals surface area (Å²) in [6.07, 6.45) is 1.30. The van der Waals surface area contributed by atoms with Crippen molar-refractivity contribution in [3.63, 3.8) is 0 Å². The molecular formula is C11H18AsN4. The number of aromatic nitrogens is 2. The minimum atomic E-state index is 0.395. The van der Waals surface area contributed by atoms with Crippen LogP contribution in [0.4, 0.5) is 11.8 Å². The fraction of sp³-hybridized carbons (Fsp3) is 0.636. The molecule has 1 aliphatic rings. The standard InChI is InChI=1S/C11H18AsN4/c1-7-8(2)14-11(13)15-10(7)16-5-4-9(6-16)12-3/h9H,4-6H2,1-3H3,(H2,13,14,15)/t9-/m1/s1. The third-order valence-corrected chi connectivity index (χ3v) is 5.63. The molecule has 0 aliphatic carbocycles. The van der Waals surface area contributed by atoms with Crippen LogP contribution in [0.1, 0.15) is 17.7 Å². The molecule has 1 aromatic heterocycles. The number of anilines is 2. The summed E-state index contributed by atoms with van der Waals surface area (Å²) in [6.45, 7) is 6.34. The van der Waals surface area contributed by atoms with E-state index in [1.165, 1.54) is 12.0 Å². The zero-order valence-electron chi connectivity index (χ0n) is 10.1. The number of rotatable bonds is 2. The Morgan fingerprint density at radius 2 is 2.12 bits per heavy atom. The quantitative estimate of drug-likeness (QED) is 0.833. The Morgan fingerprint density at radius 1 is 1.38 bits per heavy atom. The van der Waals surface area contributed by atoms with E-state index in [2.05, 4.69) is 27.5 Å². The Kier molecular flexibility index (Phi) is 3.38. The molecule has 1 saturated heterocycles. The summed E-state index contributed by atoms with van der Waals surface area (Å²) in [7, 11) is 0. The van der Waals surface area contributed by atoms with E-state index >= 15 is 0 Å². The van der Waals surface area contributed by atoms with Crippen molar-refractivity contribution in [2.45, 2.75) is 30.7 Å². The van der Waals surface area contributed by atoms with E-state index in [0.717, 1.165) is 29.3 Å². The predicted molar refractivity (Wildman–Crippen MR) is 68.1 cm³/mol. The van der Waals surface area contributed by atoms with E-state index < -0.39 is 0 Å². The van der Waals surface area contributed by atoms with E-state index in [9.17, 15) is 0 Å². The first-order valence-corrected chi connectivity index (χ1v) is 8.52. The van der Waals surface area contributed by atoms with E-state index in [1.54, 1.807) is 0 Å². The van der Waals surface area contributed by atoms with Crippen LogP contribution in [0.3, 0.4) is 0 Å².